The maximum absolute atomic E-state index is 12.7. The van der Waals surface area contributed by atoms with E-state index in [1.807, 2.05) is 42.5 Å². The van der Waals surface area contributed by atoms with E-state index < -0.39 is 0 Å². The lowest BCUT2D eigenvalue weighted by Crippen LogP contribution is -2.32. The van der Waals surface area contributed by atoms with Gasteiger partial charge in [0.15, 0.2) is 17.1 Å². The molecule has 7 nitrogen and oxygen atoms in total. The van der Waals surface area contributed by atoms with Crippen LogP contribution in [-0.2, 0) is 16.1 Å². The standard InChI is InChI=1S/C21H20N2O5/c1-25-11-10-23(13-15-6-7-18-19(12-15)27-14-26-18)21(24)9-8-20-22-16-4-2-3-5-17(16)28-20/h2-9,12H,10-11,13-14H2,1H3. The summed E-state index contributed by atoms with van der Waals surface area (Å²) in [5, 5.41) is 0. The second-order valence-electron chi connectivity index (χ2n) is 6.29. The van der Waals surface area contributed by atoms with E-state index in [0.29, 0.717) is 36.9 Å². The molecule has 28 heavy (non-hydrogen) atoms. The van der Waals surface area contributed by atoms with E-state index in [-0.39, 0.29) is 12.7 Å². The van der Waals surface area contributed by atoms with Gasteiger partial charge in [0.2, 0.25) is 18.6 Å². The van der Waals surface area contributed by atoms with Gasteiger partial charge >= 0.3 is 0 Å². The SMILES string of the molecule is COCCN(Cc1ccc2c(c1)OCO2)C(=O)C=Cc1nc2ccccc2o1. The second kappa shape index (κ2) is 8.14. The number of benzene rings is 2. The molecule has 1 aromatic heterocycles. The fourth-order valence-electron chi connectivity index (χ4n) is 2.94. The molecular formula is C21H20N2O5. The summed E-state index contributed by atoms with van der Waals surface area (Å²) < 4.78 is 21.5. The molecule has 0 saturated carbocycles. The van der Waals surface area contributed by atoms with Crippen molar-refractivity contribution >= 4 is 23.1 Å². The molecule has 4 rings (SSSR count). The average Bonchev–Trinajstić information content (AvgIpc) is 3.35. The molecule has 0 unspecified atom stereocenters. The minimum Gasteiger partial charge on any atom is -0.454 e. The van der Waals surface area contributed by atoms with Gasteiger partial charge in [-0.3, -0.25) is 4.79 Å². The van der Waals surface area contributed by atoms with E-state index in [1.165, 1.54) is 6.08 Å². The van der Waals surface area contributed by atoms with Gasteiger partial charge in [-0.25, -0.2) is 4.98 Å². The summed E-state index contributed by atoms with van der Waals surface area (Å²) in [6.45, 7) is 1.55. The molecule has 0 bridgehead atoms. The van der Waals surface area contributed by atoms with E-state index in [1.54, 1.807) is 18.1 Å². The Hall–Kier alpha value is -3.32. The van der Waals surface area contributed by atoms with Crippen molar-refractivity contribution in [3.8, 4) is 11.5 Å². The zero-order chi connectivity index (χ0) is 19.3. The van der Waals surface area contributed by atoms with Crippen molar-refractivity contribution in [2.45, 2.75) is 6.54 Å². The van der Waals surface area contributed by atoms with Crippen LogP contribution in [-0.4, -0.2) is 42.8 Å². The number of carbonyl (C=O) groups excluding carboxylic acids is 1. The number of amides is 1. The normalized spacial score (nSPS) is 12.8. The van der Waals surface area contributed by atoms with Gasteiger partial charge < -0.3 is 23.5 Å². The van der Waals surface area contributed by atoms with Crippen molar-refractivity contribution in [2.24, 2.45) is 0 Å². The molecule has 0 aliphatic carbocycles. The second-order valence-corrected chi connectivity index (χ2v) is 6.29. The summed E-state index contributed by atoms with van der Waals surface area (Å²) in [7, 11) is 1.61. The number of hydrogen-bond acceptors (Lipinski definition) is 6. The molecule has 0 radical (unpaired) electrons. The van der Waals surface area contributed by atoms with Gasteiger partial charge in [0.05, 0.1) is 6.61 Å². The number of methoxy groups -OCH3 is 1. The van der Waals surface area contributed by atoms with Gasteiger partial charge in [-0.1, -0.05) is 18.2 Å². The number of ether oxygens (including phenoxy) is 3. The molecule has 0 spiro atoms. The Morgan fingerprint density at radius 2 is 2.07 bits per heavy atom. The minimum atomic E-state index is -0.156. The highest BCUT2D eigenvalue weighted by molar-refractivity contribution is 5.91. The highest BCUT2D eigenvalue weighted by atomic mass is 16.7. The predicted octanol–water partition coefficient (Wildman–Crippen LogP) is 3.24. The van der Waals surface area contributed by atoms with Gasteiger partial charge in [0.1, 0.15) is 5.52 Å². The average molecular weight is 380 g/mol. The van der Waals surface area contributed by atoms with Crippen molar-refractivity contribution < 1.29 is 23.4 Å². The number of aromatic nitrogens is 1. The van der Waals surface area contributed by atoms with Crippen molar-refractivity contribution in [1.82, 2.24) is 9.88 Å². The summed E-state index contributed by atoms with van der Waals surface area (Å²) in [5.74, 6) is 1.65. The molecule has 0 saturated heterocycles. The van der Waals surface area contributed by atoms with Crippen LogP contribution in [0, 0.1) is 0 Å². The predicted molar refractivity (Wildman–Crippen MR) is 103 cm³/mol. The highest BCUT2D eigenvalue weighted by Gasteiger charge is 2.16. The lowest BCUT2D eigenvalue weighted by Gasteiger charge is -2.21. The smallest absolute Gasteiger partial charge is 0.247 e. The first-order chi connectivity index (χ1) is 13.7. The Labute approximate surface area is 162 Å². The van der Waals surface area contributed by atoms with E-state index in [0.717, 1.165) is 16.8 Å². The van der Waals surface area contributed by atoms with Crippen LogP contribution in [0.1, 0.15) is 11.5 Å². The van der Waals surface area contributed by atoms with E-state index in [9.17, 15) is 4.79 Å². The first-order valence-corrected chi connectivity index (χ1v) is 8.93. The largest absolute Gasteiger partial charge is 0.454 e. The Morgan fingerprint density at radius 3 is 2.93 bits per heavy atom. The summed E-state index contributed by atoms with van der Waals surface area (Å²) in [4.78, 5) is 18.8. The maximum Gasteiger partial charge on any atom is 0.247 e. The number of para-hydroxylation sites is 2. The van der Waals surface area contributed by atoms with Crippen LogP contribution in [0.2, 0.25) is 0 Å². The van der Waals surface area contributed by atoms with Crippen LogP contribution >= 0.6 is 0 Å². The third-order valence-corrected chi connectivity index (χ3v) is 4.37. The van der Waals surface area contributed by atoms with Gasteiger partial charge in [-0.05, 0) is 29.8 Å². The van der Waals surface area contributed by atoms with Crippen LogP contribution in [0.5, 0.6) is 11.5 Å². The summed E-state index contributed by atoms with van der Waals surface area (Å²) >= 11 is 0. The Balaban J connectivity index is 1.48. The first-order valence-electron chi connectivity index (χ1n) is 8.93. The minimum absolute atomic E-state index is 0.156. The van der Waals surface area contributed by atoms with Crippen molar-refractivity contribution in [1.29, 1.82) is 0 Å². The van der Waals surface area contributed by atoms with Crippen molar-refractivity contribution in [3.05, 3.63) is 60.0 Å². The van der Waals surface area contributed by atoms with Gasteiger partial charge in [-0.15, -0.1) is 0 Å². The molecule has 1 aliphatic heterocycles. The van der Waals surface area contributed by atoms with E-state index >= 15 is 0 Å². The molecule has 1 aliphatic rings. The number of hydrogen-bond donors (Lipinski definition) is 0. The third-order valence-electron chi connectivity index (χ3n) is 4.37. The number of fused-ring (bicyclic) bond motifs is 2. The van der Waals surface area contributed by atoms with Gasteiger partial charge in [0, 0.05) is 32.4 Å². The monoisotopic (exact) mass is 380 g/mol. The Morgan fingerprint density at radius 1 is 1.21 bits per heavy atom. The van der Waals surface area contributed by atoms with Gasteiger partial charge in [-0.2, -0.15) is 0 Å². The van der Waals surface area contributed by atoms with Crippen LogP contribution in [0.4, 0.5) is 0 Å². The van der Waals surface area contributed by atoms with Crippen molar-refractivity contribution in [2.75, 3.05) is 27.1 Å². The molecule has 2 heterocycles. The quantitative estimate of drug-likeness (QED) is 0.586. The zero-order valence-electron chi connectivity index (χ0n) is 15.5. The fourth-order valence-corrected chi connectivity index (χ4v) is 2.94. The molecular weight excluding hydrogens is 360 g/mol. The molecule has 2 aromatic carbocycles. The summed E-state index contributed by atoms with van der Waals surface area (Å²) in [5.41, 5.74) is 2.39. The Bertz CT molecular complexity index is 978. The lowest BCUT2D eigenvalue weighted by molar-refractivity contribution is -0.127. The van der Waals surface area contributed by atoms with E-state index in [2.05, 4.69) is 4.98 Å². The molecule has 7 heteroatoms. The molecule has 0 fully saturated rings. The fraction of sp³-hybridized carbons (Fsp3) is 0.238. The third kappa shape index (κ3) is 3.99. The summed E-state index contributed by atoms with van der Waals surface area (Å²) in [6.07, 6.45) is 3.05. The molecule has 0 atom stereocenters. The maximum atomic E-state index is 12.7. The zero-order valence-corrected chi connectivity index (χ0v) is 15.5. The Kier molecular flexibility index (Phi) is 5.25. The van der Waals surface area contributed by atoms with Crippen LogP contribution in [0.25, 0.3) is 17.2 Å². The van der Waals surface area contributed by atoms with E-state index in [4.69, 9.17) is 18.6 Å². The van der Waals surface area contributed by atoms with Crippen LogP contribution in [0.3, 0.4) is 0 Å². The van der Waals surface area contributed by atoms with Crippen LogP contribution in [0.15, 0.2) is 53.0 Å². The highest BCUT2D eigenvalue weighted by Crippen LogP contribution is 2.32. The molecule has 144 valence electrons. The topological polar surface area (TPSA) is 74.0 Å². The van der Waals surface area contributed by atoms with Gasteiger partial charge in [0.25, 0.3) is 0 Å². The summed E-state index contributed by atoms with van der Waals surface area (Å²) in [6, 6.07) is 13.1. The molecule has 0 N–H and O–H groups in total. The van der Waals surface area contributed by atoms with Crippen molar-refractivity contribution in [3.63, 3.8) is 0 Å². The first kappa shape index (κ1) is 18.1. The number of rotatable bonds is 7. The number of carbonyl (C=O) groups is 1. The number of nitrogens with zero attached hydrogens (tertiary/aromatic N) is 2. The molecule has 3 aromatic rings. The lowest BCUT2D eigenvalue weighted by atomic mass is 10.2. The molecule has 1 amide bonds. The van der Waals surface area contributed by atoms with Crippen LogP contribution < -0.4 is 9.47 Å². The number of oxazole rings is 1.